The Labute approximate surface area is 176 Å². The summed E-state index contributed by atoms with van der Waals surface area (Å²) in [6, 6.07) is 18.6. The van der Waals surface area contributed by atoms with Crippen molar-refractivity contribution in [3.8, 4) is 11.3 Å². The lowest BCUT2D eigenvalue weighted by atomic mass is 10.0. The van der Waals surface area contributed by atoms with Crippen LogP contribution in [-0.4, -0.2) is 18.4 Å². The number of rotatable bonds is 5. The average molecular weight is 416 g/mol. The molecule has 0 spiro atoms. The van der Waals surface area contributed by atoms with Crippen LogP contribution in [0.3, 0.4) is 0 Å². The van der Waals surface area contributed by atoms with Crippen LogP contribution < -0.4 is 5.43 Å². The molecule has 0 aliphatic carbocycles. The molecule has 0 N–H and O–H groups in total. The maximum atomic E-state index is 13.0. The summed E-state index contributed by atoms with van der Waals surface area (Å²) in [4.78, 5) is 37.8. The predicted molar refractivity (Wildman–Crippen MR) is 114 cm³/mol. The monoisotopic (exact) mass is 416 g/mol. The molecule has 6 heteroatoms. The lowest BCUT2D eigenvalue weighted by Crippen LogP contribution is -2.15. The van der Waals surface area contributed by atoms with E-state index in [4.69, 9.17) is 9.15 Å². The molecule has 0 atom stereocenters. The highest BCUT2D eigenvalue weighted by atomic mass is 19.1. The van der Waals surface area contributed by atoms with Gasteiger partial charge < -0.3 is 9.15 Å². The number of halogens is 1. The van der Waals surface area contributed by atoms with E-state index in [0.29, 0.717) is 16.9 Å². The Kier molecular flexibility index (Phi) is 5.45. The molecular weight excluding hydrogens is 399 g/mol. The quantitative estimate of drug-likeness (QED) is 0.340. The number of esters is 1. The highest BCUT2D eigenvalue weighted by molar-refractivity contribution is 6.04. The van der Waals surface area contributed by atoms with Crippen molar-refractivity contribution in [2.75, 3.05) is 6.61 Å². The number of hydrogen-bond acceptors (Lipinski definition) is 5. The second-order valence-electron chi connectivity index (χ2n) is 6.94. The van der Waals surface area contributed by atoms with E-state index in [0.717, 1.165) is 12.1 Å². The van der Waals surface area contributed by atoms with Crippen molar-refractivity contribution in [1.82, 2.24) is 0 Å². The highest BCUT2D eigenvalue weighted by Gasteiger charge is 2.20. The third-order valence-corrected chi connectivity index (χ3v) is 4.90. The maximum Gasteiger partial charge on any atom is 0.342 e. The number of para-hydroxylation sites is 1. The van der Waals surface area contributed by atoms with Gasteiger partial charge in [0.15, 0.2) is 23.4 Å². The van der Waals surface area contributed by atoms with Gasteiger partial charge in [-0.15, -0.1) is 0 Å². The smallest absolute Gasteiger partial charge is 0.342 e. The molecule has 0 radical (unpaired) electrons. The van der Waals surface area contributed by atoms with Gasteiger partial charge in [-0.25, -0.2) is 9.18 Å². The van der Waals surface area contributed by atoms with E-state index in [-0.39, 0.29) is 27.5 Å². The first-order chi connectivity index (χ1) is 15.0. The van der Waals surface area contributed by atoms with E-state index in [1.165, 1.54) is 18.2 Å². The zero-order valence-electron chi connectivity index (χ0n) is 16.6. The van der Waals surface area contributed by atoms with Gasteiger partial charge in [0, 0.05) is 16.7 Å². The summed E-state index contributed by atoms with van der Waals surface area (Å²) >= 11 is 0. The Morgan fingerprint density at radius 3 is 2.35 bits per heavy atom. The van der Waals surface area contributed by atoms with E-state index in [9.17, 15) is 18.8 Å². The summed E-state index contributed by atoms with van der Waals surface area (Å²) in [5.74, 6) is -1.38. The van der Waals surface area contributed by atoms with Crippen LogP contribution in [0.5, 0.6) is 0 Å². The van der Waals surface area contributed by atoms with Crippen LogP contribution in [0.1, 0.15) is 26.3 Å². The zero-order chi connectivity index (χ0) is 22.0. The number of ether oxygens (including phenoxy) is 1. The van der Waals surface area contributed by atoms with E-state index < -0.39 is 24.2 Å². The van der Waals surface area contributed by atoms with E-state index in [2.05, 4.69) is 0 Å². The van der Waals surface area contributed by atoms with Crippen molar-refractivity contribution in [2.24, 2.45) is 0 Å². The SMILES string of the molecule is Cc1c(-c2ccccc2)oc2c(C(=O)OCC(=O)c3ccc(F)cc3)cccc2c1=O. The summed E-state index contributed by atoms with van der Waals surface area (Å²) in [5.41, 5.74) is 1.23. The Morgan fingerprint density at radius 2 is 1.65 bits per heavy atom. The van der Waals surface area contributed by atoms with Crippen molar-refractivity contribution in [3.63, 3.8) is 0 Å². The number of Topliss-reactive ketones (excluding diaryl/α,β-unsaturated/α-hetero) is 1. The van der Waals surface area contributed by atoms with Crippen molar-refractivity contribution in [3.05, 3.63) is 106 Å². The minimum atomic E-state index is -0.799. The summed E-state index contributed by atoms with van der Waals surface area (Å²) in [5, 5.41) is 0.247. The second kappa shape index (κ2) is 8.36. The minimum Gasteiger partial charge on any atom is -0.455 e. The summed E-state index contributed by atoms with van der Waals surface area (Å²) in [7, 11) is 0. The molecule has 4 aromatic rings. The van der Waals surface area contributed by atoms with Gasteiger partial charge in [-0.2, -0.15) is 0 Å². The molecule has 0 saturated heterocycles. The van der Waals surface area contributed by atoms with E-state index >= 15 is 0 Å². The molecule has 1 heterocycles. The molecule has 0 saturated carbocycles. The van der Waals surface area contributed by atoms with Crippen LogP contribution in [-0.2, 0) is 4.74 Å². The minimum absolute atomic E-state index is 0.0405. The Hall–Kier alpha value is -4.06. The molecule has 0 amide bonds. The van der Waals surface area contributed by atoms with Crippen LogP contribution in [0.15, 0.2) is 82.0 Å². The molecule has 4 rings (SSSR count). The van der Waals surface area contributed by atoms with Gasteiger partial charge >= 0.3 is 5.97 Å². The van der Waals surface area contributed by atoms with Gasteiger partial charge in [-0.05, 0) is 43.3 Å². The third kappa shape index (κ3) is 4.00. The van der Waals surface area contributed by atoms with Crippen LogP contribution in [0, 0.1) is 12.7 Å². The van der Waals surface area contributed by atoms with E-state index in [1.807, 2.05) is 18.2 Å². The topological polar surface area (TPSA) is 73.6 Å². The fourth-order valence-electron chi connectivity index (χ4n) is 3.26. The average Bonchev–Trinajstić information content (AvgIpc) is 2.80. The van der Waals surface area contributed by atoms with Crippen LogP contribution >= 0.6 is 0 Å². The lowest BCUT2D eigenvalue weighted by molar-refractivity contribution is 0.0475. The Balaban J connectivity index is 1.68. The van der Waals surface area contributed by atoms with Gasteiger partial charge in [0.25, 0.3) is 0 Å². The largest absolute Gasteiger partial charge is 0.455 e. The molecule has 1 aromatic heterocycles. The number of hydrogen-bond donors (Lipinski definition) is 0. The number of carbonyl (C=O) groups is 2. The number of ketones is 1. The molecule has 0 bridgehead atoms. The maximum absolute atomic E-state index is 13.0. The normalized spacial score (nSPS) is 10.8. The van der Waals surface area contributed by atoms with Crippen LogP contribution in [0.4, 0.5) is 4.39 Å². The fourth-order valence-corrected chi connectivity index (χ4v) is 3.26. The van der Waals surface area contributed by atoms with Crippen molar-refractivity contribution < 1.29 is 23.1 Å². The third-order valence-electron chi connectivity index (χ3n) is 4.90. The van der Waals surface area contributed by atoms with Gasteiger partial charge in [-0.3, -0.25) is 9.59 Å². The number of carbonyl (C=O) groups excluding carboxylic acids is 2. The van der Waals surface area contributed by atoms with E-state index in [1.54, 1.807) is 31.2 Å². The molecule has 31 heavy (non-hydrogen) atoms. The van der Waals surface area contributed by atoms with Crippen molar-refractivity contribution in [2.45, 2.75) is 6.92 Å². The molecule has 0 aliphatic rings. The highest BCUT2D eigenvalue weighted by Crippen LogP contribution is 2.27. The first-order valence-corrected chi connectivity index (χ1v) is 9.53. The molecule has 154 valence electrons. The summed E-state index contributed by atoms with van der Waals surface area (Å²) in [6.07, 6.45) is 0. The molecule has 0 fully saturated rings. The standard InChI is InChI=1S/C25H17FO5/c1-15-22(28)19-8-5-9-20(24(19)31-23(15)17-6-3-2-4-7-17)25(29)30-14-21(27)16-10-12-18(26)13-11-16/h2-13H,14H2,1H3. The fraction of sp³-hybridized carbons (Fsp3) is 0.0800. The summed E-state index contributed by atoms with van der Waals surface area (Å²) in [6.45, 7) is 1.14. The first-order valence-electron chi connectivity index (χ1n) is 9.53. The van der Waals surface area contributed by atoms with Gasteiger partial charge in [-0.1, -0.05) is 36.4 Å². The number of fused-ring (bicyclic) bond motifs is 1. The molecule has 3 aromatic carbocycles. The van der Waals surface area contributed by atoms with Gasteiger partial charge in [0.05, 0.1) is 5.39 Å². The lowest BCUT2D eigenvalue weighted by Gasteiger charge is -2.10. The molecule has 0 unspecified atom stereocenters. The molecular formula is C25H17FO5. The zero-order valence-corrected chi connectivity index (χ0v) is 16.6. The van der Waals surface area contributed by atoms with Gasteiger partial charge in [0.2, 0.25) is 0 Å². The molecule has 5 nitrogen and oxygen atoms in total. The second-order valence-corrected chi connectivity index (χ2v) is 6.94. The van der Waals surface area contributed by atoms with Gasteiger partial charge in [0.1, 0.15) is 17.1 Å². The van der Waals surface area contributed by atoms with Crippen molar-refractivity contribution >= 4 is 22.7 Å². The predicted octanol–water partition coefficient (Wildman–Crippen LogP) is 4.95. The van der Waals surface area contributed by atoms with Crippen molar-refractivity contribution in [1.29, 1.82) is 0 Å². The van der Waals surface area contributed by atoms with Crippen LogP contribution in [0.25, 0.3) is 22.3 Å². The summed E-state index contributed by atoms with van der Waals surface area (Å²) < 4.78 is 24.2. The number of benzene rings is 3. The first kappa shape index (κ1) is 20.2. The Morgan fingerprint density at radius 1 is 0.935 bits per heavy atom. The molecule has 0 aliphatic heterocycles. The Bertz CT molecular complexity index is 1340. The van der Waals surface area contributed by atoms with Crippen LogP contribution in [0.2, 0.25) is 0 Å².